The molecule has 0 aliphatic heterocycles. The van der Waals surface area contributed by atoms with Crippen molar-refractivity contribution in [3.63, 3.8) is 0 Å². The Balaban J connectivity index is 2.78. The maximum absolute atomic E-state index is 11.1. The quantitative estimate of drug-likeness (QED) is 0.775. The number of aryl methyl sites for hydroxylation is 1. The zero-order valence-corrected chi connectivity index (χ0v) is 11.0. The summed E-state index contributed by atoms with van der Waals surface area (Å²) >= 11 is 3.93. The summed E-state index contributed by atoms with van der Waals surface area (Å²) in [6.07, 6.45) is 0. The van der Waals surface area contributed by atoms with Crippen LogP contribution >= 0.6 is 12.6 Å². The molecule has 1 aromatic rings. The molecule has 0 fully saturated rings. The molecule has 0 atom stereocenters. The minimum absolute atomic E-state index is 0.0299. The highest BCUT2D eigenvalue weighted by molar-refractivity contribution is 7.81. The normalized spacial score (nSPS) is 10.6. The lowest BCUT2D eigenvalue weighted by atomic mass is 9.98. The number of benzene rings is 1. The van der Waals surface area contributed by atoms with Gasteiger partial charge in [-0.15, -0.1) is 0 Å². The van der Waals surface area contributed by atoms with Crippen LogP contribution in [0.25, 0.3) is 0 Å². The fourth-order valence-electron chi connectivity index (χ4n) is 1.49. The van der Waals surface area contributed by atoms with Crippen molar-refractivity contribution < 1.29 is 4.79 Å². The smallest absolute Gasteiger partial charge is 0.229 e. The molecule has 16 heavy (non-hydrogen) atoms. The Bertz CT molecular complexity index is 374. The molecule has 1 N–H and O–H groups in total. The summed E-state index contributed by atoms with van der Waals surface area (Å²) in [5.41, 5.74) is 3.70. The van der Waals surface area contributed by atoms with Crippen molar-refractivity contribution in [1.82, 2.24) is 5.32 Å². The van der Waals surface area contributed by atoms with Crippen molar-refractivity contribution >= 4 is 18.5 Å². The zero-order valence-electron chi connectivity index (χ0n) is 10.1. The molecular weight excluding hydrogens is 218 g/mol. The Morgan fingerprint density at radius 2 is 2.12 bits per heavy atom. The molecule has 0 saturated carbocycles. The number of amides is 1. The third-order valence-electron chi connectivity index (χ3n) is 2.66. The lowest BCUT2D eigenvalue weighted by Gasteiger charge is -2.11. The first-order valence-corrected chi connectivity index (χ1v) is 6.14. The van der Waals surface area contributed by atoms with Crippen LogP contribution in [0.2, 0.25) is 0 Å². The van der Waals surface area contributed by atoms with E-state index in [1.165, 1.54) is 16.7 Å². The molecule has 0 aliphatic rings. The van der Waals surface area contributed by atoms with Gasteiger partial charge in [-0.25, -0.2) is 0 Å². The number of thiol groups is 1. The van der Waals surface area contributed by atoms with E-state index < -0.39 is 0 Å². The average Bonchev–Trinajstić information content (AvgIpc) is 2.27. The molecule has 3 heteroatoms. The molecule has 0 radical (unpaired) electrons. The molecule has 0 bridgehead atoms. The Hall–Kier alpha value is -0.960. The highest BCUT2D eigenvalue weighted by atomic mass is 32.1. The van der Waals surface area contributed by atoms with Crippen LogP contribution in [-0.2, 0) is 11.3 Å². The van der Waals surface area contributed by atoms with Crippen molar-refractivity contribution in [3.8, 4) is 0 Å². The minimum Gasteiger partial charge on any atom is -0.351 e. The lowest BCUT2D eigenvalue weighted by Crippen LogP contribution is -2.24. The molecular formula is C13H19NOS. The van der Waals surface area contributed by atoms with Gasteiger partial charge in [0.25, 0.3) is 0 Å². The van der Waals surface area contributed by atoms with Gasteiger partial charge in [0.2, 0.25) is 5.91 Å². The minimum atomic E-state index is -0.0299. The number of carbonyl (C=O) groups excluding carboxylic acids is 1. The fraction of sp³-hybridized carbons (Fsp3) is 0.462. The molecule has 0 unspecified atom stereocenters. The molecule has 0 aromatic heterocycles. The number of carbonyl (C=O) groups is 1. The van der Waals surface area contributed by atoms with Crippen molar-refractivity contribution in [2.45, 2.75) is 33.2 Å². The topological polar surface area (TPSA) is 29.1 Å². The SMILES string of the molecule is Cc1ccc(C(C)C)cc1CNC(=O)CS. The second-order valence-corrected chi connectivity index (χ2v) is 4.59. The first-order valence-electron chi connectivity index (χ1n) is 5.51. The van der Waals surface area contributed by atoms with Crippen LogP contribution in [0.15, 0.2) is 18.2 Å². The predicted molar refractivity (Wildman–Crippen MR) is 71.0 cm³/mol. The molecule has 0 aliphatic carbocycles. The number of rotatable bonds is 4. The van der Waals surface area contributed by atoms with Crippen molar-refractivity contribution in [2.75, 3.05) is 5.75 Å². The van der Waals surface area contributed by atoms with E-state index in [0.29, 0.717) is 12.5 Å². The van der Waals surface area contributed by atoms with Gasteiger partial charge in [0.1, 0.15) is 0 Å². The maximum atomic E-state index is 11.1. The first kappa shape index (κ1) is 13.1. The van der Waals surface area contributed by atoms with Gasteiger partial charge in [0.05, 0.1) is 5.75 Å². The summed E-state index contributed by atoms with van der Waals surface area (Å²) in [5.74, 6) is 0.723. The molecule has 1 amide bonds. The van der Waals surface area contributed by atoms with Gasteiger partial charge >= 0.3 is 0 Å². The summed E-state index contributed by atoms with van der Waals surface area (Å²) < 4.78 is 0. The van der Waals surface area contributed by atoms with Crippen molar-refractivity contribution in [2.24, 2.45) is 0 Å². The van der Waals surface area contributed by atoms with Crippen LogP contribution in [0.4, 0.5) is 0 Å². The number of hydrogen-bond donors (Lipinski definition) is 2. The predicted octanol–water partition coefficient (Wildman–Crippen LogP) is 2.66. The molecule has 1 rings (SSSR count). The highest BCUT2D eigenvalue weighted by Gasteiger charge is 2.04. The number of nitrogens with one attached hydrogen (secondary N) is 1. The Morgan fingerprint density at radius 1 is 1.44 bits per heavy atom. The van der Waals surface area contributed by atoms with Crippen LogP contribution in [0.1, 0.15) is 36.5 Å². The van der Waals surface area contributed by atoms with E-state index in [4.69, 9.17) is 0 Å². The van der Waals surface area contributed by atoms with Gasteiger partial charge in [0, 0.05) is 6.54 Å². The van der Waals surface area contributed by atoms with E-state index in [0.717, 1.165) is 0 Å². The fourth-order valence-corrected chi connectivity index (χ4v) is 1.60. The average molecular weight is 237 g/mol. The van der Waals surface area contributed by atoms with Crippen molar-refractivity contribution in [1.29, 1.82) is 0 Å². The van der Waals surface area contributed by atoms with E-state index in [-0.39, 0.29) is 11.7 Å². The molecule has 0 heterocycles. The molecule has 0 saturated heterocycles. The third kappa shape index (κ3) is 3.56. The van der Waals surface area contributed by atoms with E-state index in [2.05, 4.69) is 56.9 Å². The summed E-state index contributed by atoms with van der Waals surface area (Å²) in [6.45, 7) is 6.99. The molecule has 88 valence electrons. The maximum Gasteiger partial charge on any atom is 0.229 e. The monoisotopic (exact) mass is 237 g/mol. The van der Waals surface area contributed by atoms with E-state index in [1.54, 1.807) is 0 Å². The summed E-state index contributed by atoms with van der Waals surface area (Å²) in [4.78, 5) is 11.1. The number of hydrogen-bond acceptors (Lipinski definition) is 2. The van der Waals surface area contributed by atoms with Crippen LogP contribution < -0.4 is 5.32 Å². The van der Waals surface area contributed by atoms with Gasteiger partial charge < -0.3 is 5.32 Å². The first-order chi connectivity index (χ1) is 7.54. The van der Waals surface area contributed by atoms with Gasteiger partial charge in [-0.2, -0.15) is 12.6 Å². The van der Waals surface area contributed by atoms with Crippen molar-refractivity contribution in [3.05, 3.63) is 34.9 Å². The second kappa shape index (κ2) is 5.94. The summed E-state index contributed by atoms with van der Waals surface area (Å²) in [6, 6.07) is 6.42. The molecule has 2 nitrogen and oxygen atoms in total. The van der Waals surface area contributed by atoms with E-state index in [9.17, 15) is 4.79 Å². The molecule has 0 spiro atoms. The highest BCUT2D eigenvalue weighted by Crippen LogP contribution is 2.18. The summed E-state index contributed by atoms with van der Waals surface area (Å²) in [7, 11) is 0. The Kier molecular flexibility index (Phi) is 4.87. The van der Waals surface area contributed by atoms with Crippen LogP contribution in [-0.4, -0.2) is 11.7 Å². The van der Waals surface area contributed by atoms with E-state index >= 15 is 0 Å². The van der Waals surface area contributed by atoms with Crippen LogP contribution in [0, 0.1) is 6.92 Å². The van der Waals surface area contributed by atoms with Crippen LogP contribution in [0.3, 0.4) is 0 Å². The van der Waals surface area contributed by atoms with Gasteiger partial charge in [-0.3, -0.25) is 4.79 Å². The zero-order chi connectivity index (χ0) is 12.1. The van der Waals surface area contributed by atoms with E-state index in [1.807, 2.05) is 0 Å². The Morgan fingerprint density at radius 3 is 2.69 bits per heavy atom. The summed E-state index contributed by atoms with van der Waals surface area (Å²) in [5, 5.41) is 2.84. The largest absolute Gasteiger partial charge is 0.351 e. The second-order valence-electron chi connectivity index (χ2n) is 4.28. The third-order valence-corrected chi connectivity index (χ3v) is 2.95. The molecule has 1 aromatic carbocycles. The van der Waals surface area contributed by atoms with Gasteiger partial charge in [-0.1, -0.05) is 32.0 Å². The van der Waals surface area contributed by atoms with Gasteiger partial charge in [0.15, 0.2) is 0 Å². The lowest BCUT2D eigenvalue weighted by molar-refractivity contribution is -0.118. The standard InChI is InChI=1S/C13H19NOS/c1-9(2)11-5-4-10(3)12(6-11)7-14-13(15)8-16/h4-6,9,16H,7-8H2,1-3H3,(H,14,15). The van der Waals surface area contributed by atoms with Gasteiger partial charge in [-0.05, 0) is 29.5 Å². The Labute approximate surface area is 103 Å². The van der Waals surface area contributed by atoms with Crippen LogP contribution in [0.5, 0.6) is 0 Å².